The number of halogens is 2. The molecule has 2 rings (SSSR count). The summed E-state index contributed by atoms with van der Waals surface area (Å²) in [6.07, 6.45) is 1.00. The molecule has 0 aliphatic heterocycles. The summed E-state index contributed by atoms with van der Waals surface area (Å²) in [5.41, 5.74) is 0.929. The molecule has 1 nitrogen and oxygen atoms in total. The summed E-state index contributed by atoms with van der Waals surface area (Å²) in [5, 5.41) is 6.10. The Balaban J connectivity index is 2.13. The van der Waals surface area contributed by atoms with Crippen LogP contribution in [0.1, 0.15) is 42.8 Å². The Kier molecular flexibility index (Phi) is 4.97. The minimum absolute atomic E-state index is 0.0835. The van der Waals surface area contributed by atoms with Crippen LogP contribution in [-0.2, 0) is 0 Å². The molecule has 2 unspecified atom stereocenters. The Morgan fingerprint density at radius 2 is 2.16 bits per heavy atom. The topological polar surface area (TPSA) is 12.0 Å². The highest BCUT2D eigenvalue weighted by Crippen LogP contribution is 2.28. The second-order valence-electron chi connectivity index (χ2n) is 4.53. The molecule has 0 radical (unpaired) electrons. The van der Waals surface area contributed by atoms with Crippen LogP contribution in [0.4, 0.5) is 4.39 Å². The third-order valence-corrected chi connectivity index (χ3v) is 4.49. The van der Waals surface area contributed by atoms with Gasteiger partial charge in [-0.2, -0.15) is 0 Å². The van der Waals surface area contributed by atoms with Crippen LogP contribution in [0.15, 0.2) is 35.7 Å². The van der Waals surface area contributed by atoms with Crippen LogP contribution >= 0.6 is 22.9 Å². The summed E-state index contributed by atoms with van der Waals surface area (Å²) >= 11 is 7.84. The Hall–Kier alpha value is -0.900. The van der Waals surface area contributed by atoms with E-state index in [2.05, 4.69) is 36.7 Å². The highest BCUT2D eigenvalue weighted by Gasteiger charge is 2.16. The molecular formula is C15H17ClFNS. The van der Waals surface area contributed by atoms with E-state index in [4.69, 9.17) is 11.6 Å². The van der Waals surface area contributed by atoms with Gasteiger partial charge in [-0.25, -0.2) is 4.39 Å². The highest BCUT2D eigenvalue weighted by atomic mass is 35.5. The number of hydrogen-bond donors (Lipinski definition) is 1. The van der Waals surface area contributed by atoms with Crippen LogP contribution in [0.2, 0.25) is 5.02 Å². The van der Waals surface area contributed by atoms with Crippen molar-refractivity contribution in [1.82, 2.24) is 5.32 Å². The Morgan fingerprint density at radius 1 is 1.37 bits per heavy atom. The third-order valence-electron chi connectivity index (χ3n) is 3.18. The van der Waals surface area contributed by atoms with E-state index in [0.717, 1.165) is 12.0 Å². The number of benzene rings is 1. The smallest absolute Gasteiger partial charge is 0.124 e. The van der Waals surface area contributed by atoms with Crippen LogP contribution in [0.5, 0.6) is 0 Å². The molecule has 0 aliphatic rings. The van der Waals surface area contributed by atoms with Crippen molar-refractivity contribution in [2.45, 2.75) is 32.4 Å². The standard InChI is InChI=1S/C15H17ClFNS/c1-3-14(15-5-4-8-19-15)18-10(2)12-7-6-11(17)9-13(12)16/h4-10,14,18H,3H2,1-2H3. The summed E-state index contributed by atoms with van der Waals surface area (Å²) in [4.78, 5) is 1.31. The van der Waals surface area contributed by atoms with E-state index in [1.165, 1.54) is 17.0 Å². The molecule has 1 aromatic heterocycles. The lowest BCUT2D eigenvalue weighted by Gasteiger charge is -2.22. The predicted octanol–water partition coefficient (Wildman–Crippen LogP) is 5.34. The number of nitrogens with one attached hydrogen (secondary N) is 1. The Morgan fingerprint density at radius 3 is 2.74 bits per heavy atom. The SMILES string of the molecule is CCC(NC(C)c1ccc(F)cc1Cl)c1cccs1. The lowest BCUT2D eigenvalue weighted by atomic mass is 10.1. The van der Waals surface area contributed by atoms with Gasteiger partial charge >= 0.3 is 0 Å². The van der Waals surface area contributed by atoms with Crippen molar-refractivity contribution in [2.75, 3.05) is 0 Å². The molecule has 0 fully saturated rings. The van der Waals surface area contributed by atoms with Crippen molar-refractivity contribution in [3.63, 3.8) is 0 Å². The van der Waals surface area contributed by atoms with Gasteiger partial charge in [-0.3, -0.25) is 0 Å². The van der Waals surface area contributed by atoms with Crippen LogP contribution in [0.3, 0.4) is 0 Å². The van der Waals surface area contributed by atoms with E-state index in [1.54, 1.807) is 17.4 Å². The molecule has 0 spiro atoms. The quantitative estimate of drug-likeness (QED) is 0.785. The van der Waals surface area contributed by atoms with Crippen LogP contribution in [0.25, 0.3) is 0 Å². The van der Waals surface area contributed by atoms with E-state index in [-0.39, 0.29) is 11.9 Å². The molecule has 0 aliphatic carbocycles. The van der Waals surface area contributed by atoms with Gasteiger partial charge in [0.15, 0.2) is 0 Å². The maximum Gasteiger partial charge on any atom is 0.124 e. The van der Waals surface area contributed by atoms with E-state index < -0.39 is 0 Å². The van der Waals surface area contributed by atoms with Crippen LogP contribution in [0, 0.1) is 5.82 Å². The first-order valence-corrected chi connectivity index (χ1v) is 7.62. The fraction of sp³-hybridized carbons (Fsp3) is 0.333. The molecule has 0 saturated heterocycles. The maximum absolute atomic E-state index is 13.1. The van der Waals surface area contributed by atoms with Gasteiger partial charge in [0.2, 0.25) is 0 Å². The first-order valence-electron chi connectivity index (χ1n) is 6.36. The van der Waals surface area contributed by atoms with Crippen molar-refractivity contribution >= 4 is 22.9 Å². The summed E-state index contributed by atoms with van der Waals surface area (Å²) in [6.45, 7) is 4.20. The Bertz CT molecular complexity index is 527. The van der Waals surface area contributed by atoms with Gasteiger partial charge in [-0.15, -0.1) is 11.3 Å². The van der Waals surface area contributed by atoms with Crippen molar-refractivity contribution < 1.29 is 4.39 Å². The molecule has 0 saturated carbocycles. The number of rotatable bonds is 5. The van der Waals surface area contributed by atoms with Gasteiger partial charge in [-0.1, -0.05) is 30.7 Å². The monoisotopic (exact) mass is 297 g/mol. The van der Waals surface area contributed by atoms with Gasteiger partial charge in [-0.05, 0) is 42.5 Å². The third kappa shape index (κ3) is 3.56. The normalized spacial score (nSPS) is 14.3. The minimum Gasteiger partial charge on any atom is -0.303 e. The van der Waals surface area contributed by atoms with Crippen molar-refractivity contribution in [2.24, 2.45) is 0 Å². The van der Waals surface area contributed by atoms with E-state index >= 15 is 0 Å². The molecule has 2 atom stereocenters. The lowest BCUT2D eigenvalue weighted by molar-refractivity contribution is 0.461. The van der Waals surface area contributed by atoms with Crippen LogP contribution < -0.4 is 5.32 Å². The summed E-state index contributed by atoms with van der Waals surface area (Å²) < 4.78 is 13.1. The summed E-state index contributed by atoms with van der Waals surface area (Å²) in [6, 6.07) is 9.13. The van der Waals surface area contributed by atoms with E-state index in [0.29, 0.717) is 11.1 Å². The van der Waals surface area contributed by atoms with Gasteiger partial charge in [0.05, 0.1) is 0 Å². The second kappa shape index (κ2) is 6.51. The van der Waals surface area contributed by atoms with Crippen molar-refractivity contribution in [3.8, 4) is 0 Å². The molecule has 1 heterocycles. The van der Waals surface area contributed by atoms with Gasteiger partial charge in [0, 0.05) is 22.0 Å². The second-order valence-corrected chi connectivity index (χ2v) is 5.92. The van der Waals surface area contributed by atoms with E-state index in [1.807, 2.05) is 0 Å². The minimum atomic E-state index is -0.300. The maximum atomic E-state index is 13.1. The van der Waals surface area contributed by atoms with Gasteiger partial charge < -0.3 is 5.32 Å². The Labute approximate surface area is 122 Å². The fourth-order valence-electron chi connectivity index (χ4n) is 2.13. The molecule has 102 valence electrons. The average Bonchev–Trinajstić information content (AvgIpc) is 2.89. The fourth-order valence-corrected chi connectivity index (χ4v) is 3.34. The first kappa shape index (κ1) is 14.5. The molecule has 19 heavy (non-hydrogen) atoms. The molecule has 1 N–H and O–H groups in total. The largest absolute Gasteiger partial charge is 0.303 e. The van der Waals surface area contributed by atoms with Crippen molar-refractivity contribution in [1.29, 1.82) is 0 Å². The summed E-state index contributed by atoms with van der Waals surface area (Å²) in [5.74, 6) is -0.300. The zero-order valence-electron chi connectivity index (χ0n) is 11.0. The zero-order valence-corrected chi connectivity index (χ0v) is 12.6. The lowest BCUT2D eigenvalue weighted by Crippen LogP contribution is -2.23. The molecule has 0 amide bonds. The molecule has 0 bridgehead atoms. The predicted molar refractivity (Wildman–Crippen MR) is 80.3 cm³/mol. The molecule has 4 heteroatoms. The number of thiophene rings is 1. The van der Waals surface area contributed by atoms with Crippen molar-refractivity contribution in [3.05, 3.63) is 57.0 Å². The average molecular weight is 298 g/mol. The first-order chi connectivity index (χ1) is 9.11. The van der Waals surface area contributed by atoms with E-state index in [9.17, 15) is 4.39 Å². The molecule has 1 aromatic carbocycles. The molecule has 2 aromatic rings. The van der Waals surface area contributed by atoms with Gasteiger partial charge in [0.1, 0.15) is 5.82 Å². The number of hydrogen-bond acceptors (Lipinski definition) is 2. The molecular weight excluding hydrogens is 281 g/mol. The zero-order chi connectivity index (χ0) is 13.8. The van der Waals surface area contributed by atoms with Crippen LogP contribution in [-0.4, -0.2) is 0 Å². The van der Waals surface area contributed by atoms with Gasteiger partial charge in [0.25, 0.3) is 0 Å². The summed E-state index contributed by atoms with van der Waals surface area (Å²) in [7, 11) is 0. The highest BCUT2D eigenvalue weighted by molar-refractivity contribution is 7.10.